The first-order valence-corrected chi connectivity index (χ1v) is 9.30. The molecule has 5 nitrogen and oxygen atoms in total. The van der Waals surface area contributed by atoms with Crippen LogP contribution in [0.1, 0.15) is 57.8 Å². The number of hydrogen-bond donors (Lipinski definition) is 2. The van der Waals surface area contributed by atoms with Crippen molar-refractivity contribution in [1.29, 1.82) is 0 Å². The average molecular weight is 303 g/mol. The lowest BCUT2D eigenvalue weighted by atomic mass is 9.87. The summed E-state index contributed by atoms with van der Waals surface area (Å²) in [4.78, 5) is 11.4. The number of nitrogens with one attached hydrogen (secondary N) is 1. The number of rotatable bonds is 6. The summed E-state index contributed by atoms with van der Waals surface area (Å²) in [5.41, 5.74) is -0.875. The SMILES string of the molecule is O=C(O)C1(CNS(=O)(=O)CC2CCCCC2)CCCC1. The number of carbonyl (C=O) groups is 1. The second-order valence-corrected chi connectivity index (χ2v) is 8.25. The third-order valence-corrected chi connectivity index (χ3v) is 6.32. The van der Waals surface area contributed by atoms with Gasteiger partial charge in [-0.2, -0.15) is 0 Å². The molecule has 0 aliphatic heterocycles. The number of carboxylic acid groups (broad SMARTS) is 1. The fourth-order valence-corrected chi connectivity index (χ4v) is 5.06. The van der Waals surface area contributed by atoms with Crippen LogP contribution in [-0.2, 0) is 14.8 Å². The molecule has 0 radical (unpaired) electrons. The number of hydrogen-bond acceptors (Lipinski definition) is 3. The second-order valence-electron chi connectivity index (χ2n) is 6.40. The average Bonchev–Trinajstić information content (AvgIpc) is 2.87. The van der Waals surface area contributed by atoms with E-state index in [1.165, 1.54) is 6.42 Å². The third kappa shape index (κ3) is 3.95. The lowest BCUT2D eigenvalue weighted by Gasteiger charge is -2.25. The fourth-order valence-electron chi connectivity index (χ4n) is 3.49. The minimum absolute atomic E-state index is 0.0530. The first-order chi connectivity index (χ1) is 9.44. The van der Waals surface area contributed by atoms with Crippen LogP contribution in [0.3, 0.4) is 0 Å². The van der Waals surface area contributed by atoms with Crippen LogP contribution >= 0.6 is 0 Å². The minimum atomic E-state index is -3.35. The largest absolute Gasteiger partial charge is 0.481 e. The highest BCUT2D eigenvalue weighted by atomic mass is 32.2. The van der Waals surface area contributed by atoms with E-state index in [1.54, 1.807) is 0 Å². The van der Waals surface area contributed by atoms with Gasteiger partial charge in [0.25, 0.3) is 0 Å². The predicted octanol–water partition coefficient (Wildman–Crippen LogP) is 2.13. The molecule has 0 atom stereocenters. The summed E-state index contributed by atoms with van der Waals surface area (Å²) < 4.78 is 26.8. The van der Waals surface area contributed by atoms with Crippen molar-refractivity contribution in [3.63, 3.8) is 0 Å². The van der Waals surface area contributed by atoms with E-state index in [0.29, 0.717) is 12.8 Å². The van der Waals surface area contributed by atoms with Gasteiger partial charge in [0, 0.05) is 6.54 Å². The van der Waals surface area contributed by atoms with Crippen molar-refractivity contribution in [2.24, 2.45) is 11.3 Å². The molecule has 0 unspecified atom stereocenters. The van der Waals surface area contributed by atoms with Gasteiger partial charge in [0.05, 0.1) is 11.2 Å². The molecule has 2 aliphatic carbocycles. The molecule has 0 bridgehead atoms. The summed E-state index contributed by atoms with van der Waals surface area (Å²) in [7, 11) is -3.35. The zero-order valence-corrected chi connectivity index (χ0v) is 12.8. The number of carboxylic acids is 1. The quantitative estimate of drug-likeness (QED) is 0.787. The van der Waals surface area contributed by atoms with Crippen molar-refractivity contribution in [2.45, 2.75) is 57.8 Å². The molecule has 0 spiro atoms. The van der Waals surface area contributed by atoms with E-state index in [9.17, 15) is 18.3 Å². The van der Waals surface area contributed by atoms with Crippen LogP contribution in [0.15, 0.2) is 0 Å². The van der Waals surface area contributed by atoms with Gasteiger partial charge in [0.1, 0.15) is 0 Å². The summed E-state index contributed by atoms with van der Waals surface area (Å²) >= 11 is 0. The lowest BCUT2D eigenvalue weighted by molar-refractivity contribution is -0.148. The van der Waals surface area contributed by atoms with Gasteiger partial charge < -0.3 is 5.11 Å². The molecule has 2 rings (SSSR count). The van der Waals surface area contributed by atoms with E-state index in [0.717, 1.165) is 38.5 Å². The van der Waals surface area contributed by atoms with Gasteiger partial charge in [-0.05, 0) is 31.6 Å². The molecule has 0 aromatic rings. The summed E-state index contributed by atoms with van der Waals surface area (Å²) in [5.74, 6) is -0.469. The van der Waals surface area contributed by atoms with E-state index >= 15 is 0 Å². The zero-order chi connectivity index (χ0) is 14.6. The van der Waals surface area contributed by atoms with Crippen molar-refractivity contribution in [3.05, 3.63) is 0 Å². The Morgan fingerprint density at radius 2 is 1.70 bits per heavy atom. The van der Waals surface area contributed by atoms with Crippen LogP contribution in [0.25, 0.3) is 0 Å². The van der Waals surface area contributed by atoms with Gasteiger partial charge in [0.2, 0.25) is 10.0 Å². The van der Waals surface area contributed by atoms with E-state index < -0.39 is 21.4 Å². The summed E-state index contributed by atoms with van der Waals surface area (Å²) in [6, 6.07) is 0. The molecule has 2 aliphatic rings. The monoisotopic (exact) mass is 303 g/mol. The maximum atomic E-state index is 12.1. The molecule has 2 N–H and O–H groups in total. The van der Waals surface area contributed by atoms with Gasteiger partial charge in [-0.1, -0.05) is 32.1 Å². The standard InChI is InChI=1S/C14H25NO4S/c16-13(17)14(8-4-5-9-14)11-15-20(18,19)10-12-6-2-1-3-7-12/h12,15H,1-11H2,(H,16,17). The van der Waals surface area contributed by atoms with Crippen LogP contribution in [0.4, 0.5) is 0 Å². The van der Waals surface area contributed by atoms with Crippen molar-refractivity contribution in [3.8, 4) is 0 Å². The fraction of sp³-hybridized carbons (Fsp3) is 0.929. The van der Waals surface area contributed by atoms with Crippen molar-refractivity contribution in [1.82, 2.24) is 4.72 Å². The maximum Gasteiger partial charge on any atom is 0.310 e. The molecule has 0 aromatic carbocycles. The Morgan fingerprint density at radius 1 is 1.10 bits per heavy atom. The maximum absolute atomic E-state index is 12.1. The van der Waals surface area contributed by atoms with Crippen LogP contribution in [0.5, 0.6) is 0 Å². The molecular formula is C14H25NO4S. The second kappa shape index (κ2) is 6.43. The molecular weight excluding hydrogens is 278 g/mol. The molecule has 2 saturated carbocycles. The smallest absolute Gasteiger partial charge is 0.310 e. The van der Waals surface area contributed by atoms with Gasteiger partial charge in [-0.25, -0.2) is 13.1 Å². The normalized spacial score (nSPS) is 23.8. The summed E-state index contributed by atoms with van der Waals surface area (Å²) in [5, 5.41) is 9.35. The Kier molecular flexibility index (Phi) is 5.07. The van der Waals surface area contributed by atoms with Gasteiger partial charge in [-0.15, -0.1) is 0 Å². The van der Waals surface area contributed by atoms with E-state index in [1.807, 2.05) is 0 Å². The van der Waals surface area contributed by atoms with Gasteiger partial charge in [0.15, 0.2) is 0 Å². The van der Waals surface area contributed by atoms with Crippen molar-refractivity contribution in [2.75, 3.05) is 12.3 Å². The molecule has 20 heavy (non-hydrogen) atoms. The molecule has 2 fully saturated rings. The first-order valence-electron chi connectivity index (χ1n) is 7.64. The summed E-state index contributed by atoms with van der Waals surface area (Å²) in [6.07, 6.45) is 8.27. The highest BCUT2D eigenvalue weighted by Gasteiger charge is 2.42. The molecule has 0 aromatic heterocycles. The van der Waals surface area contributed by atoms with Gasteiger partial charge >= 0.3 is 5.97 Å². The van der Waals surface area contributed by atoms with Crippen molar-refractivity contribution < 1.29 is 18.3 Å². The molecule has 0 saturated heterocycles. The van der Waals surface area contributed by atoms with Crippen LogP contribution in [0.2, 0.25) is 0 Å². The molecule has 0 amide bonds. The van der Waals surface area contributed by atoms with Crippen LogP contribution in [-0.4, -0.2) is 31.8 Å². The molecule has 6 heteroatoms. The minimum Gasteiger partial charge on any atom is -0.481 e. The predicted molar refractivity (Wildman–Crippen MR) is 76.9 cm³/mol. The Labute approximate surface area is 121 Å². The first kappa shape index (κ1) is 15.8. The lowest BCUT2D eigenvalue weighted by Crippen LogP contribution is -2.42. The van der Waals surface area contributed by atoms with E-state index in [4.69, 9.17) is 0 Å². The topological polar surface area (TPSA) is 83.5 Å². The van der Waals surface area contributed by atoms with Gasteiger partial charge in [-0.3, -0.25) is 4.79 Å². The highest BCUT2D eigenvalue weighted by Crippen LogP contribution is 2.38. The van der Waals surface area contributed by atoms with Crippen LogP contribution < -0.4 is 4.72 Å². The highest BCUT2D eigenvalue weighted by molar-refractivity contribution is 7.89. The van der Waals surface area contributed by atoms with Crippen molar-refractivity contribution >= 4 is 16.0 Å². The number of aliphatic carboxylic acids is 1. The van der Waals surface area contributed by atoms with E-state index in [2.05, 4.69) is 4.72 Å². The zero-order valence-electron chi connectivity index (χ0n) is 11.9. The molecule has 0 heterocycles. The third-order valence-electron chi connectivity index (χ3n) is 4.82. The molecule has 116 valence electrons. The number of sulfonamides is 1. The Morgan fingerprint density at radius 3 is 2.25 bits per heavy atom. The Hall–Kier alpha value is -0.620. The Balaban J connectivity index is 1.89. The Bertz CT molecular complexity index is 434. The summed E-state index contributed by atoms with van der Waals surface area (Å²) in [6.45, 7) is 0.0530. The van der Waals surface area contributed by atoms with Crippen LogP contribution in [0, 0.1) is 11.3 Å². The van der Waals surface area contributed by atoms with E-state index in [-0.39, 0.29) is 18.2 Å².